The van der Waals surface area contributed by atoms with E-state index in [0.717, 1.165) is 34.8 Å². The number of hydrogen-bond acceptors (Lipinski definition) is 2. The average molecular weight is 362 g/mol. The van der Waals surface area contributed by atoms with Gasteiger partial charge in [-0.1, -0.05) is 61.0 Å². The molecule has 4 aromatic rings. The van der Waals surface area contributed by atoms with Crippen LogP contribution in [-0.4, -0.2) is 9.38 Å². The van der Waals surface area contributed by atoms with Gasteiger partial charge in [0.1, 0.15) is 17.2 Å². The minimum atomic E-state index is 0.696. The molecule has 2 aromatic heterocycles. The normalized spacial score (nSPS) is 11.0. The fourth-order valence-corrected chi connectivity index (χ4v) is 3.46. The first-order chi connectivity index (χ1) is 12.7. The van der Waals surface area contributed by atoms with E-state index in [4.69, 9.17) is 16.6 Å². The molecule has 0 saturated carbocycles. The smallest absolute Gasteiger partial charge is 0.143 e. The lowest BCUT2D eigenvalue weighted by atomic mass is 10.1. The molecule has 2 aromatic carbocycles. The van der Waals surface area contributed by atoms with E-state index in [9.17, 15) is 0 Å². The summed E-state index contributed by atoms with van der Waals surface area (Å²) in [6.07, 6.45) is 0.915. The summed E-state index contributed by atoms with van der Waals surface area (Å²) in [5.74, 6) is 0.944. The molecule has 0 aliphatic carbocycles. The van der Waals surface area contributed by atoms with Gasteiger partial charge in [0, 0.05) is 16.9 Å². The SMILES string of the molecule is CCc1cccc2nc(-c3ccccc3Cl)c(Nc3ccccc3C)n12. The number of benzene rings is 2. The number of anilines is 2. The van der Waals surface area contributed by atoms with Gasteiger partial charge in [0.2, 0.25) is 0 Å². The number of fused-ring (bicyclic) bond motifs is 1. The van der Waals surface area contributed by atoms with Crippen molar-refractivity contribution in [1.29, 1.82) is 0 Å². The van der Waals surface area contributed by atoms with Crippen molar-refractivity contribution in [3.63, 3.8) is 0 Å². The third-order valence-corrected chi connectivity index (χ3v) is 4.94. The number of pyridine rings is 1. The Hall–Kier alpha value is -2.78. The molecule has 2 heterocycles. The lowest BCUT2D eigenvalue weighted by molar-refractivity contribution is 0.983. The third-order valence-electron chi connectivity index (χ3n) is 4.61. The van der Waals surface area contributed by atoms with Crippen LogP contribution < -0.4 is 5.32 Å². The van der Waals surface area contributed by atoms with Crippen molar-refractivity contribution in [3.05, 3.63) is 83.0 Å². The van der Waals surface area contributed by atoms with Gasteiger partial charge in [-0.15, -0.1) is 0 Å². The zero-order chi connectivity index (χ0) is 18.1. The van der Waals surface area contributed by atoms with Crippen molar-refractivity contribution in [3.8, 4) is 11.3 Å². The maximum Gasteiger partial charge on any atom is 0.143 e. The van der Waals surface area contributed by atoms with Crippen molar-refractivity contribution in [2.75, 3.05) is 5.32 Å². The molecule has 0 atom stereocenters. The number of para-hydroxylation sites is 1. The topological polar surface area (TPSA) is 29.3 Å². The molecule has 4 rings (SSSR count). The molecule has 1 N–H and O–H groups in total. The predicted molar refractivity (Wildman–Crippen MR) is 109 cm³/mol. The van der Waals surface area contributed by atoms with Crippen molar-refractivity contribution in [2.45, 2.75) is 20.3 Å². The highest BCUT2D eigenvalue weighted by Gasteiger charge is 2.18. The molecule has 0 spiro atoms. The van der Waals surface area contributed by atoms with Crippen LogP contribution in [0.1, 0.15) is 18.2 Å². The third kappa shape index (κ3) is 2.85. The Labute approximate surface area is 158 Å². The van der Waals surface area contributed by atoms with Gasteiger partial charge < -0.3 is 5.32 Å². The van der Waals surface area contributed by atoms with E-state index in [2.05, 4.69) is 47.8 Å². The van der Waals surface area contributed by atoms with Gasteiger partial charge >= 0.3 is 0 Å². The van der Waals surface area contributed by atoms with Crippen LogP contribution in [-0.2, 0) is 6.42 Å². The Morgan fingerprint density at radius 3 is 2.50 bits per heavy atom. The summed E-state index contributed by atoms with van der Waals surface area (Å²) in [7, 11) is 0. The first kappa shape index (κ1) is 16.7. The van der Waals surface area contributed by atoms with Crippen molar-refractivity contribution < 1.29 is 0 Å². The molecule has 26 heavy (non-hydrogen) atoms. The standard InChI is InChI=1S/C22H20ClN3/c1-3-16-10-8-14-20-25-21(17-11-5-6-12-18(17)23)22(26(16)20)24-19-13-7-4-9-15(19)2/h4-14,24H,3H2,1-2H3. The van der Waals surface area contributed by atoms with Crippen LogP contribution >= 0.6 is 11.6 Å². The Morgan fingerprint density at radius 1 is 0.962 bits per heavy atom. The van der Waals surface area contributed by atoms with Crippen molar-refractivity contribution >= 4 is 28.8 Å². The van der Waals surface area contributed by atoms with Crippen LogP contribution in [0.15, 0.2) is 66.7 Å². The molecular formula is C22H20ClN3. The van der Waals surface area contributed by atoms with E-state index in [-0.39, 0.29) is 0 Å². The highest BCUT2D eigenvalue weighted by Crippen LogP contribution is 2.36. The molecule has 0 amide bonds. The van der Waals surface area contributed by atoms with Crippen LogP contribution in [0, 0.1) is 6.92 Å². The van der Waals surface area contributed by atoms with Gasteiger partial charge in [-0.3, -0.25) is 4.40 Å². The Balaban J connectivity index is 2.00. The van der Waals surface area contributed by atoms with E-state index in [1.165, 1.54) is 11.3 Å². The number of halogens is 1. The van der Waals surface area contributed by atoms with Crippen LogP contribution in [0.25, 0.3) is 16.9 Å². The zero-order valence-electron chi connectivity index (χ0n) is 14.8. The number of nitrogens with one attached hydrogen (secondary N) is 1. The van der Waals surface area contributed by atoms with E-state index in [1.807, 2.05) is 42.5 Å². The summed E-state index contributed by atoms with van der Waals surface area (Å²) in [6.45, 7) is 4.25. The molecular weight excluding hydrogens is 342 g/mol. The molecule has 0 saturated heterocycles. The summed E-state index contributed by atoms with van der Waals surface area (Å²) in [5, 5.41) is 4.30. The maximum absolute atomic E-state index is 6.49. The number of nitrogens with zero attached hydrogens (tertiary/aromatic N) is 2. The van der Waals surface area contributed by atoms with Crippen LogP contribution in [0.3, 0.4) is 0 Å². The highest BCUT2D eigenvalue weighted by atomic mass is 35.5. The fraction of sp³-hybridized carbons (Fsp3) is 0.136. The predicted octanol–water partition coefficient (Wildman–Crippen LogP) is 6.27. The summed E-state index contributed by atoms with van der Waals surface area (Å²) < 4.78 is 2.19. The van der Waals surface area contributed by atoms with E-state index in [1.54, 1.807) is 0 Å². The molecule has 130 valence electrons. The van der Waals surface area contributed by atoms with Crippen molar-refractivity contribution in [2.24, 2.45) is 0 Å². The van der Waals surface area contributed by atoms with Crippen LogP contribution in [0.5, 0.6) is 0 Å². The fourth-order valence-electron chi connectivity index (χ4n) is 3.23. The molecule has 3 nitrogen and oxygen atoms in total. The summed E-state index contributed by atoms with van der Waals surface area (Å²) in [5.41, 5.74) is 6.14. The van der Waals surface area contributed by atoms with Crippen LogP contribution in [0.4, 0.5) is 11.5 Å². The second-order valence-electron chi connectivity index (χ2n) is 6.29. The van der Waals surface area contributed by atoms with Gasteiger partial charge in [-0.2, -0.15) is 0 Å². The first-order valence-electron chi connectivity index (χ1n) is 8.77. The number of rotatable bonds is 4. The monoisotopic (exact) mass is 361 g/mol. The molecule has 0 aliphatic heterocycles. The van der Waals surface area contributed by atoms with Gasteiger partial charge in [0.05, 0.1) is 5.02 Å². The second kappa shape index (κ2) is 6.85. The lowest BCUT2D eigenvalue weighted by Crippen LogP contribution is -2.02. The van der Waals surface area contributed by atoms with Gasteiger partial charge in [0.25, 0.3) is 0 Å². The maximum atomic E-state index is 6.49. The van der Waals surface area contributed by atoms with E-state index in [0.29, 0.717) is 5.02 Å². The van der Waals surface area contributed by atoms with Crippen molar-refractivity contribution in [1.82, 2.24) is 9.38 Å². The minimum absolute atomic E-state index is 0.696. The number of aromatic nitrogens is 2. The van der Waals surface area contributed by atoms with Crippen LogP contribution in [0.2, 0.25) is 5.02 Å². The van der Waals surface area contributed by atoms with Gasteiger partial charge in [-0.05, 0) is 43.2 Å². The Kier molecular flexibility index (Phi) is 4.39. The minimum Gasteiger partial charge on any atom is -0.339 e. The molecule has 4 heteroatoms. The average Bonchev–Trinajstić information content (AvgIpc) is 3.02. The van der Waals surface area contributed by atoms with E-state index < -0.39 is 0 Å². The molecule has 0 bridgehead atoms. The van der Waals surface area contributed by atoms with Gasteiger partial charge in [0.15, 0.2) is 0 Å². The summed E-state index contributed by atoms with van der Waals surface area (Å²) in [4.78, 5) is 4.89. The summed E-state index contributed by atoms with van der Waals surface area (Å²) >= 11 is 6.49. The molecule has 0 unspecified atom stereocenters. The second-order valence-corrected chi connectivity index (χ2v) is 6.70. The number of imidazole rings is 1. The van der Waals surface area contributed by atoms with Gasteiger partial charge in [-0.25, -0.2) is 4.98 Å². The highest BCUT2D eigenvalue weighted by molar-refractivity contribution is 6.33. The quantitative estimate of drug-likeness (QED) is 0.464. The number of hydrogen-bond donors (Lipinski definition) is 1. The first-order valence-corrected chi connectivity index (χ1v) is 9.14. The Bertz CT molecular complexity index is 1080. The summed E-state index contributed by atoms with van der Waals surface area (Å²) in [6, 6.07) is 22.3. The Morgan fingerprint density at radius 2 is 1.73 bits per heavy atom. The number of aryl methyl sites for hydroxylation is 2. The molecule has 0 aliphatic rings. The zero-order valence-corrected chi connectivity index (χ0v) is 15.6. The largest absolute Gasteiger partial charge is 0.339 e. The molecule has 0 fully saturated rings. The van der Waals surface area contributed by atoms with E-state index >= 15 is 0 Å². The molecule has 0 radical (unpaired) electrons. The lowest BCUT2D eigenvalue weighted by Gasteiger charge is -2.13.